The summed E-state index contributed by atoms with van der Waals surface area (Å²) >= 11 is 3.39. The lowest BCUT2D eigenvalue weighted by Crippen LogP contribution is -2.34. The molecule has 1 N–H and O–H groups in total. The molecule has 0 fully saturated rings. The maximum atomic E-state index is 4.68. The number of aromatic nitrogens is 2. The molecule has 2 aromatic heterocycles. The second-order valence-electron chi connectivity index (χ2n) is 5.72. The van der Waals surface area contributed by atoms with Gasteiger partial charge in [0.2, 0.25) is 0 Å². The number of benzene rings is 1. The van der Waals surface area contributed by atoms with Crippen LogP contribution in [0.4, 0.5) is 0 Å². The van der Waals surface area contributed by atoms with E-state index in [1.54, 1.807) is 22.7 Å². The number of para-hydroxylation sites is 1. The molecule has 0 atom stereocenters. The number of rotatable bonds is 3. The van der Waals surface area contributed by atoms with Crippen molar-refractivity contribution in [3.63, 3.8) is 0 Å². The van der Waals surface area contributed by atoms with Crippen molar-refractivity contribution < 1.29 is 0 Å². The number of nitrogens with zero attached hydrogens (tertiary/aromatic N) is 2. The lowest BCUT2D eigenvalue weighted by atomic mass is 10.1. The van der Waals surface area contributed by atoms with Crippen LogP contribution in [-0.2, 0) is 6.54 Å². The van der Waals surface area contributed by atoms with E-state index in [0.29, 0.717) is 0 Å². The molecule has 0 amide bonds. The van der Waals surface area contributed by atoms with E-state index in [1.807, 2.05) is 18.2 Å². The Labute approximate surface area is 126 Å². The SMILES string of the molecule is CC(C)(C)NCc1nc(-c2nc3ccccc3s2)cs1. The summed E-state index contributed by atoms with van der Waals surface area (Å²) in [6.07, 6.45) is 0. The lowest BCUT2D eigenvalue weighted by Gasteiger charge is -2.19. The van der Waals surface area contributed by atoms with E-state index in [0.717, 1.165) is 27.8 Å². The van der Waals surface area contributed by atoms with Gasteiger partial charge in [0.05, 0.1) is 10.2 Å². The van der Waals surface area contributed by atoms with Crippen LogP contribution in [0.2, 0.25) is 0 Å². The molecule has 0 saturated heterocycles. The van der Waals surface area contributed by atoms with Gasteiger partial charge in [-0.1, -0.05) is 12.1 Å². The summed E-state index contributed by atoms with van der Waals surface area (Å²) in [4.78, 5) is 9.33. The van der Waals surface area contributed by atoms with Crippen LogP contribution in [0.25, 0.3) is 20.9 Å². The first-order valence-corrected chi connectivity index (χ1v) is 8.26. The van der Waals surface area contributed by atoms with Crippen molar-refractivity contribution in [2.24, 2.45) is 0 Å². The van der Waals surface area contributed by atoms with Gasteiger partial charge in [-0.05, 0) is 32.9 Å². The maximum absolute atomic E-state index is 4.68. The van der Waals surface area contributed by atoms with Gasteiger partial charge in [0.25, 0.3) is 0 Å². The van der Waals surface area contributed by atoms with Crippen molar-refractivity contribution in [3.05, 3.63) is 34.7 Å². The van der Waals surface area contributed by atoms with Crippen molar-refractivity contribution in [3.8, 4) is 10.7 Å². The third kappa shape index (κ3) is 3.06. The van der Waals surface area contributed by atoms with Gasteiger partial charge in [-0.15, -0.1) is 22.7 Å². The van der Waals surface area contributed by atoms with E-state index in [2.05, 4.69) is 47.5 Å². The summed E-state index contributed by atoms with van der Waals surface area (Å²) in [6.45, 7) is 7.29. The van der Waals surface area contributed by atoms with Crippen LogP contribution in [-0.4, -0.2) is 15.5 Å². The fourth-order valence-electron chi connectivity index (χ4n) is 1.81. The topological polar surface area (TPSA) is 37.8 Å². The van der Waals surface area contributed by atoms with Crippen LogP contribution < -0.4 is 5.32 Å². The van der Waals surface area contributed by atoms with Crippen molar-refractivity contribution in [1.82, 2.24) is 15.3 Å². The molecule has 0 spiro atoms. The summed E-state index contributed by atoms with van der Waals surface area (Å²) in [5.74, 6) is 0. The molecular weight excluding hydrogens is 286 g/mol. The second kappa shape index (κ2) is 5.24. The molecule has 1 aromatic carbocycles. The quantitative estimate of drug-likeness (QED) is 0.783. The van der Waals surface area contributed by atoms with Gasteiger partial charge in [0.1, 0.15) is 15.7 Å². The highest BCUT2D eigenvalue weighted by Crippen LogP contribution is 2.30. The van der Waals surface area contributed by atoms with Gasteiger partial charge in [-0.25, -0.2) is 9.97 Å². The van der Waals surface area contributed by atoms with Gasteiger partial charge in [0.15, 0.2) is 0 Å². The summed E-state index contributed by atoms with van der Waals surface area (Å²) in [5.41, 5.74) is 2.15. The molecule has 2 heterocycles. The Morgan fingerprint density at radius 2 is 1.95 bits per heavy atom. The van der Waals surface area contributed by atoms with Crippen LogP contribution in [0.1, 0.15) is 25.8 Å². The predicted molar refractivity (Wildman–Crippen MR) is 87.3 cm³/mol. The van der Waals surface area contributed by atoms with E-state index in [4.69, 9.17) is 0 Å². The number of hydrogen-bond acceptors (Lipinski definition) is 5. The average molecular weight is 303 g/mol. The summed E-state index contributed by atoms with van der Waals surface area (Å²) in [7, 11) is 0. The highest BCUT2D eigenvalue weighted by Gasteiger charge is 2.12. The minimum absolute atomic E-state index is 0.113. The van der Waals surface area contributed by atoms with E-state index in [1.165, 1.54) is 4.70 Å². The first-order valence-electron chi connectivity index (χ1n) is 6.57. The van der Waals surface area contributed by atoms with Crippen LogP contribution in [0.5, 0.6) is 0 Å². The minimum Gasteiger partial charge on any atom is -0.306 e. The van der Waals surface area contributed by atoms with Gasteiger partial charge < -0.3 is 5.32 Å². The monoisotopic (exact) mass is 303 g/mol. The van der Waals surface area contributed by atoms with E-state index in [9.17, 15) is 0 Å². The molecule has 0 unspecified atom stereocenters. The van der Waals surface area contributed by atoms with Gasteiger partial charge in [-0.2, -0.15) is 0 Å². The Morgan fingerprint density at radius 1 is 1.15 bits per heavy atom. The molecule has 0 aliphatic rings. The molecule has 0 aliphatic carbocycles. The van der Waals surface area contributed by atoms with Crippen LogP contribution >= 0.6 is 22.7 Å². The zero-order valence-corrected chi connectivity index (χ0v) is 13.4. The van der Waals surface area contributed by atoms with Gasteiger partial charge >= 0.3 is 0 Å². The Kier molecular flexibility index (Phi) is 3.58. The summed E-state index contributed by atoms with van der Waals surface area (Å²) < 4.78 is 1.21. The molecule has 0 aliphatic heterocycles. The highest BCUT2D eigenvalue weighted by atomic mass is 32.1. The Hall–Kier alpha value is -1.30. The molecule has 5 heteroatoms. The molecule has 3 aromatic rings. The molecule has 104 valence electrons. The average Bonchev–Trinajstić information content (AvgIpc) is 3.01. The van der Waals surface area contributed by atoms with Crippen molar-refractivity contribution in [1.29, 1.82) is 0 Å². The van der Waals surface area contributed by atoms with Crippen LogP contribution in [0.15, 0.2) is 29.6 Å². The summed E-state index contributed by atoms with van der Waals surface area (Å²) in [6, 6.07) is 8.21. The Morgan fingerprint density at radius 3 is 2.70 bits per heavy atom. The Bertz CT molecular complexity index is 689. The fraction of sp³-hybridized carbons (Fsp3) is 0.333. The Balaban J connectivity index is 1.82. The smallest absolute Gasteiger partial charge is 0.143 e. The molecular formula is C15H17N3S2. The zero-order valence-electron chi connectivity index (χ0n) is 11.8. The molecule has 0 bridgehead atoms. The fourth-order valence-corrected chi connectivity index (χ4v) is 3.53. The maximum Gasteiger partial charge on any atom is 0.143 e. The van der Waals surface area contributed by atoms with Gasteiger partial charge in [0, 0.05) is 17.5 Å². The van der Waals surface area contributed by atoms with Crippen molar-refractivity contribution >= 4 is 32.9 Å². The first kappa shape index (κ1) is 13.7. The van der Waals surface area contributed by atoms with Crippen LogP contribution in [0, 0.1) is 0 Å². The largest absolute Gasteiger partial charge is 0.306 e. The number of fused-ring (bicyclic) bond motifs is 1. The second-order valence-corrected chi connectivity index (χ2v) is 7.69. The third-order valence-electron chi connectivity index (χ3n) is 2.83. The normalized spacial score (nSPS) is 12.2. The minimum atomic E-state index is 0.113. The van der Waals surface area contributed by atoms with E-state index < -0.39 is 0 Å². The molecule has 0 saturated carbocycles. The number of nitrogens with one attached hydrogen (secondary N) is 1. The zero-order chi connectivity index (χ0) is 14.2. The first-order chi connectivity index (χ1) is 9.51. The number of thiazole rings is 2. The number of hydrogen-bond donors (Lipinski definition) is 1. The van der Waals surface area contributed by atoms with Crippen molar-refractivity contribution in [2.75, 3.05) is 0 Å². The molecule has 3 rings (SSSR count). The van der Waals surface area contributed by atoms with Crippen LogP contribution in [0.3, 0.4) is 0 Å². The highest BCUT2D eigenvalue weighted by molar-refractivity contribution is 7.21. The summed E-state index contributed by atoms with van der Waals surface area (Å²) in [5, 5.41) is 7.66. The van der Waals surface area contributed by atoms with E-state index >= 15 is 0 Å². The molecule has 0 radical (unpaired) electrons. The van der Waals surface area contributed by atoms with Gasteiger partial charge in [-0.3, -0.25) is 0 Å². The third-order valence-corrected chi connectivity index (χ3v) is 4.74. The van der Waals surface area contributed by atoms with E-state index in [-0.39, 0.29) is 5.54 Å². The predicted octanol–water partition coefficient (Wildman–Crippen LogP) is 4.31. The standard InChI is InChI=1S/C15H17N3S2/c1-15(2,3)16-8-13-17-11(9-19-13)14-18-10-6-4-5-7-12(10)20-14/h4-7,9,16H,8H2,1-3H3. The lowest BCUT2D eigenvalue weighted by molar-refractivity contribution is 0.424. The molecule has 3 nitrogen and oxygen atoms in total. The van der Waals surface area contributed by atoms with Crippen molar-refractivity contribution in [2.45, 2.75) is 32.9 Å². The molecule has 20 heavy (non-hydrogen) atoms.